The molecule has 17 heavy (non-hydrogen) atoms. The van der Waals surface area contributed by atoms with Gasteiger partial charge in [-0.3, -0.25) is 0 Å². The first-order valence-electron chi connectivity index (χ1n) is 6.89. The lowest BCUT2D eigenvalue weighted by Crippen LogP contribution is -2.44. The van der Waals surface area contributed by atoms with Crippen LogP contribution < -0.4 is 0 Å². The molecule has 4 bridgehead atoms. The average molecular weight is 224 g/mol. The molecule has 0 saturated heterocycles. The molecule has 2 heteroatoms. The molecule has 5 aliphatic carbocycles. The van der Waals surface area contributed by atoms with Gasteiger partial charge in [0.1, 0.15) is 0 Å². The van der Waals surface area contributed by atoms with Gasteiger partial charge in [0.15, 0.2) is 0 Å². The molecule has 0 unspecified atom stereocenters. The summed E-state index contributed by atoms with van der Waals surface area (Å²) in [4.78, 5) is 0. The van der Waals surface area contributed by atoms with Crippen LogP contribution in [0.2, 0.25) is 0 Å². The predicted octanol–water partition coefficient (Wildman–Crippen LogP) is 3.03. The Kier molecular flexibility index (Phi) is 1.79. The number of fused-ring (bicyclic) bond motifs is 3. The largest absolute Gasteiger partial charge is 0.193 e. The lowest BCUT2D eigenvalue weighted by atomic mass is 9.53. The smallest absolute Gasteiger partial charge is 0.0960 e. The number of nitrogens with zero attached hydrogens (tertiary/aromatic N) is 2. The van der Waals surface area contributed by atoms with E-state index in [0.29, 0.717) is 11.8 Å². The van der Waals surface area contributed by atoms with E-state index in [2.05, 4.69) is 12.1 Å². The first-order chi connectivity index (χ1) is 8.35. The molecule has 86 valence electrons. The van der Waals surface area contributed by atoms with Gasteiger partial charge in [-0.25, -0.2) is 0 Å². The van der Waals surface area contributed by atoms with Crippen LogP contribution in [0.5, 0.6) is 0 Å². The second-order valence-electron chi connectivity index (χ2n) is 6.33. The molecule has 0 amide bonds. The summed E-state index contributed by atoms with van der Waals surface area (Å²) in [6, 6.07) is 4.73. The summed E-state index contributed by atoms with van der Waals surface area (Å²) in [6.07, 6.45) is 6.50. The van der Waals surface area contributed by atoms with Gasteiger partial charge in [-0.15, -0.1) is 0 Å². The van der Waals surface area contributed by atoms with E-state index in [1.807, 2.05) is 0 Å². The molecule has 0 spiro atoms. The molecule has 0 N–H and O–H groups in total. The maximum absolute atomic E-state index is 9.35. The molecule has 0 radical (unpaired) electrons. The summed E-state index contributed by atoms with van der Waals surface area (Å²) >= 11 is 0. The van der Waals surface area contributed by atoms with Crippen molar-refractivity contribution in [3.05, 3.63) is 11.1 Å². The van der Waals surface area contributed by atoms with Crippen molar-refractivity contribution in [3.8, 4) is 12.1 Å². The maximum atomic E-state index is 9.35. The Morgan fingerprint density at radius 2 is 1.24 bits per heavy atom. The molecule has 0 aromatic carbocycles. The van der Waals surface area contributed by atoms with Crippen LogP contribution in [0.4, 0.5) is 0 Å². The summed E-state index contributed by atoms with van der Waals surface area (Å²) in [5.41, 5.74) is 1.75. The topological polar surface area (TPSA) is 47.6 Å². The molecule has 0 aromatic heterocycles. The molecule has 0 aliphatic heterocycles. The van der Waals surface area contributed by atoms with Crippen molar-refractivity contribution in [1.82, 2.24) is 0 Å². The quantitative estimate of drug-likeness (QED) is 0.635. The zero-order valence-corrected chi connectivity index (χ0v) is 9.89. The van der Waals surface area contributed by atoms with Gasteiger partial charge in [0.2, 0.25) is 0 Å². The number of hydrogen-bond acceptors (Lipinski definition) is 2. The third kappa shape index (κ3) is 1.00. The minimum Gasteiger partial charge on any atom is -0.193 e. The van der Waals surface area contributed by atoms with Crippen molar-refractivity contribution in [2.75, 3.05) is 0 Å². The summed E-state index contributed by atoms with van der Waals surface area (Å²) in [6.45, 7) is 0. The third-order valence-electron chi connectivity index (χ3n) is 6.04. The Labute approximate surface area is 102 Å². The maximum Gasteiger partial charge on any atom is 0.0960 e. The molecule has 3 saturated carbocycles. The van der Waals surface area contributed by atoms with Crippen LogP contribution in [0.25, 0.3) is 0 Å². The Morgan fingerprint density at radius 3 is 1.65 bits per heavy atom. The lowest BCUT2D eigenvalue weighted by Gasteiger charge is -2.50. The van der Waals surface area contributed by atoms with Crippen molar-refractivity contribution in [2.45, 2.75) is 32.1 Å². The number of hydrogen-bond donors (Lipinski definition) is 0. The van der Waals surface area contributed by atoms with Crippen molar-refractivity contribution < 1.29 is 0 Å². The van der Waals surface area contributed by atoms with Gasteiger partial charge in [0.05, 0.1) is 12.1 Å². The lowest BCUT2D eigenvalue weighted by molar-refractivity contribution is 0.0589. The first-order valence-corrected chi connectivity index (χ1v) is 6.89. The van der Waals surface area contributed by atoms with E-state index in [1.54, 1.807) is 0 Å². The van der Waals surface area contributed by atoms with Gasteiger partial charge in [0.25, 0.3) is 0 Å². The molecule has 6 atom stereocenters. The van der Waals surface area contributed by atoms with E-state index in [9.17, 15) is 10.5 Å². The highest BCUT2D eigenvalue weighted by atomic mass is 14.6. The third-order valence-corrected chi connectivity index (χ3v) is 6.04. The molecule has 5 aliphatic rings. The van der Waals surface area contributed by atoms with Gasteiger partial charge >= 0.3 is 0 Å². The summed E-state index contributed by atoms with van der Waals surface area (Å²) in [5.74, 6) is 4.17. The van der Waals surface area contributed by atoms with E-state index >= 15 is 0 Å². The van der Waals surface area contributed by atoms with Gasteiger partial charge in [0, 0.05) is 11.1 Å². The Hall–Kier alpha value is -1.28. The zero-order valence-electron chi connectivity index (χ0n) is 9.89. The number of nitriles is 2. The molecule has 2 nitrogen and oxygen atoms in total. The molecule has 0 heterocycles. The second kappa shape index (κ2) is 3.14. The van der Waals surface area contributed by atoms with E-state index in [-0.39, 0.29) is 0 Å². The van der Waals surface area contributed by atoms with Crippen molar-refractivity contribution >= 4 is 0 Å². The standard InChI is InChI=1S/C15H16N2/c16-6-12-10-3-4-11(13(12)7-17)15-9-2-1-8(5-9)14(10)15/h8-11,14-15H,1-5H2/t8-,9+,10-,11+,14-,15+. The highest BCUT2D eigenvalue weighted by molar-refractivity contribution is 5.46. The molecule has 0 aromatic rings. The van der Waals surface area contributed by atoms with Gasteiger partial charge in [-0.05, 0) is 67.6 Å². The zero-order chi connectivity index (χ0) is 11.6. The molecular formula is C15H16N2. The summed E-state index contributed by atoms with van der Waals surface area (Å²) < 4.78 is 0. The van der Waals surface area contributed by atoms with Crippen LogP contribution in [0, 0.1) is 58.2 Å². The Bertz CT molecular complexity index is 446. The number of rotatable bonds is 0. The van der Waals surface area contributed by atoms with Crippen LogP contribution in [0.15, 0.2) is 11.1 Å². The van der Waals surface area contributed by atoms with E-state index < -0.39 is 0 Å². The van der Waals surface area contributed by atoms with Crippen LogP contribution >= 0.6 is 0 Å². The van der Waals surface area contributed by atoms with Crippen LogP contribution in [0.1, 0.15) is 32.1 Å². The summed E-state index contributed by atoms with van der Waals surface area (Å²) in [7, 11) is 0. The molecular weight excluding hydrogens is 208 g/mol. The van der Waals surface area contributed by atoms with Gasteiger partial charge in [-0.1, -0.05) is 0 Å². The van der Waals surface area contributed by atoms with E-state index in [0.717, 1.165) is 34.8 Å². The van der Waals surface area contributed by atoms with Gasteiger partial charge in [-0.2, -0.15) is 10.5 Å². The highest BCUT2D eigenvalue weighted by Crippen LogP contribution is 2.65. The predicted molar refractivity (Wildman–Crippen MR) is 62.3 cm³/mol. The van der Waals surface area contributed by atoms with E-state index in [4.69, 9.17) is 0 Å². The summed E-state index contributed by atoms with van der Waals surface area (Å²) in [5, 5.41) is 18.7. The Balaban J connectivity index is 1.87. The molecule has 3 fully saturated rings. The SMILES string of the molecule is N#CC1=C(C#N)[C@@H]2CC[C@H]1[C@H]1[C@@H]3CC[C@@H](C3)[C@H]12. The average Bonchev–Trinajstić information content (AvgIpc) is 3.00. The molecule has 5 rings (SSSR count). The van der Waals surface area contributed by atoms with Gasteiger partial charge < -0.3 is 0 Å². The minimum absolute atomic E-state index is 0.444. The highest BCUT2D eigenvalue weighted by Gasteiger charge is 2.59. The number of allylic oxidation sites excluding steroid dienone is 2. The van der Waals surface area contributed by atoms with Crippen LogP contribution in [-0.2, 0) is 0 Å². The van der Waals surface area contributed by atoms with E-state index in [1.165, 1.54) is 32.1 Å². The second-order valence-corrected chi connectivity index (χ2v) is 6.33. The fourth-order valence-electron chi connectivity index (χ4n) is 5.68. The normalized spacial score (nSPS) is 50.0. The monoisotopic (exact) mass is 224 g/mol. The Morgan fingerprint density at radius 1 is 0.765 bits per heavy atom. The minimum atomic E-state index is 0.444. The van der Waals surface area contributed by atoms with Crippen molar-refractivity contribution in [3.63, 3.8) is 0 Å². The van der Waals surface area contributed by atoms with Crippen molar-refractivity contribution in [1.29, 1.82) is 10.5 Å². The first kappa shape index (κ1) is 9.72. The fraction of sp³-hybridized carbons (Fsp3) is 0.733. The van der Waals surface area contributed by atoms with Crippen LogP contribution in [-0.4, -0.2) is 0 Å². The fourth-order valence-corrected chi connectivity index (χ4v) is 5.68. The van der Waals surface area contributed by atoms with Crippen molar-refractivity contribution in [2.24, 2.45) is 35.5 Å². The van der Waals surface area contributed by atoms with Crippen LogP contribution in [0.3, 0.4) is 0 Å².